The van der Waals surface area contributed by atoms with Gasteiger partial charge in [-0.15, -0.1) is 0 Å². The first-order chi connectivity index (χ1) is 6.77. The summed E-state index contributed by atoms with van der Waals surface area (Å²) in [5, 5.41) is 2.99. The number of halogens is 2. The van der Waals surface area contributed by atoms with Crippen LogP contribution in [0.3, 0.4) is 0 Å². The summed E-state index contributed by atoms with van der Waals surface area (Å²) in [4.78, 5) is 2.45. The number of fused-ring (bicyclic) bond motifs is 1. The quantitative estimate of drug-likeness (QED) is 0.749. The van der Waals surface area contributed by atoms with Crippen LogP contribution >= 0.6 is 0 Å². The lowest BCUT2D eigenvalue weighted by Gasteiger charge is -2.32. The topological polar surface area (TPSA) is 15.3 Å². The normalized spacial score (nSPS) is 33.6. The van der Waals surface area contributed by atoms with Crippen LogP contribution in [0.25, 0.3) is 0 Å². The molecule has 0 aromatic carbocycles. The van der Waals surface area contributed by atoms with E-state index in [-0.39, 0.29) is 6.54 Å². The fraction of sp³-hybridized carbons (Fsp3) is 1.00. The maximum absolute atomic E-state index is 12.0. The minimum atomic E-state index is -2.22. The lowest BCUT2D eigenvalue weighted by atomic mass is 9.99. The van der Waals surface area contributed by atoms with Crippen LogP contribution in [0.5, 0.6) is 0 Å². The number of hydrogen-bond donors (Lipinski definition) is 1. The average molecular weight is 204 g/mol. The van der Waals surface area contributed by atoms with E-state index in [1.807, 2.05) is 0 Å². The van der Waals surface area contributed by atoms with Crippen LogP contribution in [0.15, 0.2) is 0 Å². The minimum Gasteiger partial charge on any atom is -0.307 e. The van der Waals surface area contributed by atoms with E-state index in [1.165, 1.54) is 19.3 Å². The van der Waals surface area contributed by atoms with Crippen molar-refractivity contribution in [3.8, 4) is 0 Å². The number of nitrogens with one attached hydrogen (secondary N) is 1. The summed E-state index contributed by atoms with van der Waals surface area (Å²) in [7, 11) is 0. The summed E-state index contributed by atoms with van der Waals surface area (Å²) in [5.41, 5.74) is 0. The summed E-state index contributed by atoms with van der Waals surface area (Å²) in [6.07, 6.45) is 2.54. The fourth-order valence-electron chi connectivity index (χ4n) is 2.73. The minimum absolute atomic E-state index is 0.144. The molecular formula is C10H18F2N2. The Labute approximate surface area is 83.7 Å². The molecule has 1 N–H and O–H groups in total. The van der Waals surface area contributed by atoms with E-state index in [0.717, 1.165) is 19.5 Å². The first-order valence-electron chi connectivity index (χ1n) is 5.53. The predicted molar refractivity (Wildman–Crippen MR) is 51.6 cm³/mol. The molecule has 0 bridgehead atoms. The van der Waals surface area contributed by atoms with Crippen LogP contribution in [-0.4, -0.2) is 43.0 Å². The number of nitrogens with zero attached hydrogens (tertiary/aromatic N) is 1. The monoisotopic (exact) mass is 204 g/mol. The fourth-order valence-corrected chi connectivity index (χ4v) is 2.73. The van der Waals surface area contributed by atoms with Gasteiger partial charge in [0.15, 0.2) is 0 Å². The number of rotatable bonds is 3. The second-order valence-electron chi connectivity index (χ2n) is 4.29. The molecule has 0 saturated carbocycles. The lowest BCUT2D eigenvalue weighted by molar-refractivity contribution is 0.130. The zero-order valence-electron chi connectivity index (χ0n) is 8.38. The Balaban J connectivity index is 1.81. The van der Waals surface area contributed by atoms with Crippen molar-refractivity contribution in [3.05, 3.63) is 0 Å². The first-order valence-corrected chi connectivity index (χ1v) is 5.53. The maximum atomic E-state index is 12.0. The molecule has 2 unspecified atom stereocenters. The number of alkyl halides is 2. The smallest absolute Gasteiger partial charge is 0.250 e. The molecule has 0 amide bonds. The highest BCUT2D eigenvalue weighted by Gasteiger charge is 2.35. The Kier molecular flexibility index (Phi) is 3.34. The van der Waals surface area contributed by atoms with Gasteiger partial charge in [-0.25, -0.2) is 8.78 Å². The van der Waals surface area contributed by atoms with E-state index in [9.17, 15) is 8.78 Å². The van der Waals surface area contributed by atoms with Gasteiger partial charge in [0.1, 0.15) is 0 Å². The van der Waals surface area contributed by atoms with Crippen molar-refractivity contribution in [2.24, 2.45) is 0 Å². The Morgan fingerprint density at radius 3 is 2.86 bits per heavy atom. The summed E-state index contributed by atoms with van der Waals surface area (Å²) >= 11 is 0. The Bertz CT molecular complexity index is 187. The van der Waals surface area contributed by atoms with Crippen molar-refractivity contribution in [1.82, 2.24) is 10.2 Å². The molecule has 0 aromatic rings. The molecule has 2 fully saturated rings. The van der Waals surface area contributed by atoms with Gasteiger partial charge >= 0.3 is 0 Å². The van der Waals surface area contributed by atoms with E-state index in [0.29, 0.717) is 12.1 Å². The van der Waals surface area contributed by atoms with Gasteiger partial charge in [-0.2, -0.15) is 0 Å². The standard InChI is InChI=1S/C10H18F2N2/c11-10(12)7-13-8-4-6-14-5-2-1-3-9(8)14/h8-10,13H,1-7H2. The van der Waals surface area contributed by atoms with Crippen molar-refractivity contribution in [3.63, 3.8) is 0 Å². The van der Waals surface area contributed by atoms with E-state index in [4.69, 9.17) is 0 Å². The largest absolute Gasteiger partial charge is 0.307 e. The molecule has 0 aliphatic carbocycles. The van der Waals surface area contributed by atoms with E-state index < -0.39 is 6.43 Å². The molecule has 2 saturated heterocycles. The Hall–Kier alpha value is -0.220. The highest BCUT2D eigenvalue weighted by atomic mass is 19.3. The first kappa shape index (κ1) is 10.3. The summed E-state index contributed by atoms with van der Waals surface area (Å²) < 4.78 is 24.1. The average Bonchev–Trinajstić information content (AvgIpc) is 2.58. The molecule has 0 radical (unpaired) electrons. The third-order valence-corrected chi connectivity index (χ3v) is 3.39. The zero-order chi connectivity index (χ0) is 9.97. The molecular weight excluding hydrogens is 186 g/mol. The van der Waals surface area contributed by atoms with Crippen molar-refractivity contribution in [1.29, 1.82) is 0 Å². The molecule has 2 aliphatic heterocycles. The molecule has 2 aliphatic rings. The molecule has 0 spiro atoms. The van der Waals surface area contributed by atoms with Crippen LogP contribution < -0.4 is 5.32 Å². The van der Waals surface area contributed by atoms with Crippen LogP contribution in [0, 0.1) is 0 Å². The second-order valence-corrected chi connectivity index (χ2v) is 4.29. The Morgan fingerprint density at radius 2 is 2.07 bits per heavy atom. The summed E-state index contributed by atoms with van der Waals surface area (Å²) in [6, 6.07) is 0.840. The van der Waals surface area contributed by atoms with E-state index in [2.05, 4.69) is 10.2 Å². The molecule has 2 nitrogen and oxygen atoms in total. The highest BCUT2D eigenvalue weighted by molar-refractivity contribution is 4.93. The van der Waals surface area contributed by atoms with Gasteiger partial charge < -0.3 is 5.32 Å². The maximum Gasteiger partial charge on any atom is 0.250 e. The van der Waals surface area contributed by atoms with Gasteiger partial charge in [-0.3, -0.25) is 4.90 Å². The lowest BCUT2D eigenvalue weighted by Crippen LogP contribution is -2.45. The van der Waals surface area contributed by atoms with Gasteiger partial charge in [-0.1, -0.05) is 6.42 Å². The molecule has 2 atom stereocenters. The van der Waals surface area contributed by atoms with Crippen LogP contribution in [-0.2, 0) is 0 Å². The molecule has 2 heterocycles. The number of hydrogen-bond acceptors (Lipinski definition) is 2. The van der Waals surface area contributed by atoms with Crippen LogP contribution in [0.2, 0.25) is 0 Å². The Morgan fingerprint density at radius 1 is 1.21 bits per heavy atom. The zero-order valence-corrected chi connectivity index (χ0v) is 8.38. The van der Waals surface area contributed by atoms with E-state index in [1.54, 1.807) is 0 Å². The highest BCUT2D eigenvalue weighted by Crippen LogP contribution is 2.26. The molecule has 4 heteroatoms. The molecule has 82 valence electrons. The van der Waals surface area contributed by atoms with Crippen LogP contribution in [0.4, 0.5) is 8.78 Å². The van der Waals surface area contributed by atoms with Crippen molar-refractivity contribution < 1.29 is 8.78 Å². The predicted octanol–water partition coefficient (Wildman–Crippen LogP) is 1.47. The van der Waals surface area contributed by atoms with Gasteiger partial charge in [-0.05, 0) is 25.8 Å². The molecule has 14 heavy (non-hydrogen) atoms. The van der Waals surface area contributed by atoms with Gasteiger partial charge in [0.2, 0.25) is 0 Å². The van der Waals surface area contributed by atoms with Gasteiger partial charge in [0.25, 0.3) is 6.43 Å². The second kappa shape index (κ2) is 4.53. The summed E-state index contributed by atoms with van der Waals surface area (Å²) in [5.74, 6) is 0. The molecule has 2 rings (SSSR count). The van der Waals surface area contributed by atoms with Crippen molar-refractivity contribution >= 4 is 0 Å². The van der Waals surface area contributed by atoms with Gasteiger partial charge in [0.05, 0.1) is 6.54 Å². The third kappa shape index (κ3) is 2.23. The third-order valence-electron chi connectivity index (χ3n) is 3.39. The summed E-state index contributed by atoms with van der Waals surface area (Å²) in [6.45, 7) is 2.11. The van der Waals surface area contributed by atoms with E-state index >= 15 is 0 Å². The van der Waals surface area contributed by atoms with Crippen LogP contribution in [0.1, 0.15) is 25.7 Å². The van der Waals surface area contributed by atoms with Gasteiger partial charge in [0, 0.05) is 18.6 Å². The van der Waals surface area contributed by atoms with Crippen molar-refractivity contribution in [2.45, 2.75) is 44.2 Å². The number of piperidine rings is 1. The SMILES string of the molecule is FC(F)CNC1CCN2CCCCC12. The molecule has 0 aromatic heterocycles. The van der Waals surface area contributed by atoms with Crippen molar-refractivity contribution in [2.75, 3.05) is 19.6 Å².